The van der Waals surface area contributed by atoms with E-state index in [0.29, 0.717) is 4.34 Å². The Balaban J connectivity index is 2.22. The van der Waals surface area contributed by atoms with Gasteiger partial charge in [0.2, 0.25) is 0 Å². The number of ketones is 1. The van der Waals surface area contributed by atoms with E-state index in [9.17, 15) is 13.6 Å². The molecule has 0 atom stereocenters. The Labute approximate surface area is 106 Å². The van der Waals surface area contributed by atoms with Crippen LogP contribution in [0, 0.1) is 11.6 Å². The van der Waals surface area contributed by atoms with Crippen molar-refractivity contribution in [1.82, 2.24) is 0 Å². The fourth-order valence-electron chi connectivity index (χ4n) is 1.41. The molecule has 5 heteroatoms. The first-order chi connectivity index (χ1) is 8.06. The van der Waals surface area contributed by atoms with Gasteiger partial charge in [0, 0.05) is 11.3 Å². The second-order valence-electron chi connectivity index (χ2n) is 3.43. The molecule has 17 heavy (non-hydrogen) atoms. The van der Waals surface area contributed by atoms with Gasteiger partial charge in [0.25, 0.3) is 0 Å². The van der Waals surface area contributed by atoms with Gasteiger partial charge in [-0.2, -0.15) is 0 Å². The lowest BCUT2D eigenvalue weighted by Crippen LogP contribution is -2.05. The molecule has 1 heterocycles. The summed E-state index contributed by atoms with van der Waals surface area (Å²) in [7, 11) is 0. The van der Waals surface area contributed by atoms with Gasteiger partial charge >= 0.3 is 0 Å². The number of Topliss-reactive ketones (excluding diaryl/α,β-unsaturated/α-hetero) is 1. The highest BCUT2D eigenvalue weighted by molar-refractivity contribution is 7.16. The monoisotopic (exact) mass is 272 g/mol. The summed E-state index contributed by atoms with van der Waals surface area (Å²) in [5, 5.41) is 0. The third-order valence-corrected chi connectivity index (χ3v) is 3.42. The predicted molar refractivity (Wildman–Crippen MR) is 63.7 cm³/mol. The van der Waals surface area contributed by atoms with Crippen LogP contribution in [0.2, 0.25) is 4.34 Å². The highest BCUT2D eigenvalue weighted by Crippen LogP contribution is 2.23. The van der Waals surface area contributed by atoms with Crippen molar-refractivity contribution in [1.29, 1.82) is 0 Å². The molecule has 0 saturated heterocycles. The summed E-state index contributed by atoms with van der Waals surface area (Å²) in [6, 6.07) is 6.20. The standard InChI is InChI=1S/C12H7ClF2OS/c13-12-4-2-8(17-12)6-11(16)9-5-7(14)1-3-10(9)15/h1-5H,6H2. The number of benzene rings is 1. The maximum atomic E-state index is 13.3. The molecule has 1 aromatic heterocycles. The Morgan fingerprint density at radius 2 is 2.00 bits per heavy atom. The van der Waals surface area contributed by atoms with Gasteiger partial charge < -0.3 is 0 Å². The van der Waals surface area contributed by atoms with Crippen molar-refractivity contribution in [2.75, 3.05) is 0 Å². The molecular weight excluding hydrogens is 266 g/mol. The molecule has 0 aliphatic rings. The number of hydrogen-bond donors (Lipinski definition) is 0. The van der Waals surface area contributed by atoms with Gasteiger partial charge in [-0.3, -0.25) is 4.79 Å². The minimum Gasteiger partial charge on any atom is -0.294 e. The first-order valence-electron chi connectivity index (χ1n) is 4.79. The van der Waals surface area contributed by atoms with Crippen molar-refractivity contribution in [3.8, 4) is 0 Å². The number of hydrogen-bond acceptors (Lipinski definition) is 2. The van der Waals surface area contributed by atoms with Crippen LogP contribution in [0.15, 0.2) is 30.3 Å². The first-order valence-corrected chi connectivity index (χ1v) is 5.98. The molecule has 0 radical (unpaired) electrons. The Morgan fingerprint density at radius 3 is 2.65 bits per heavy atom. The zero-order valence-electron chi connectivity index (χ0n) is 8.54. The summed E-state index contributed by atoms with van der Waals surface area (Å²) < 4.78 is 26.8. The second kappa shape index (κ2) is 4.94. The zero-order valence-corrected chi connectivity index (χ0v) is 10.1. The summed E-state index contributed by atoms with van der Waals surface area (Å²) in [4.78, 5) is 12.5. The van der Waals surface area contributed by atoms with Crippen LogP contribution < -0.4 is 0 Å². The molecule has 0 aliphatic heterocycles. The summed E-state index contributed by atoms with van der Waals surface area (Å²) in [5.41, 5.74) is -0.227. The zero-order chi connectivity index (χ0) is 12.4. The number of rotatable bonds is 3. The Hall–Kier alpha value is -1.26. The molecule has 0 saturated carbocycles. The van der Waals surface area contributed by atoms with Crippen molar-refractivity contribution in [3.05, 3.63) is 56.7 Å². The quantitative estimate of drug-likeness (QED) is 0.769. The first kappa shape index (κ1) is 12.2. The largest absolute Gasteiger partial charge is 0.294 e. The van der Waals surface area contributed by atoms with Crippen LogP contribution in [0.5, 0.6) is 0 Å². The van der Waals surface area contributed by atoms with E-state index in [-0.39, 0.29) is 12.0 Å². The van der Waals surface area contributed by atoms with Gasteiger partial charge in [0.05, 0.1) is 9.90 Å². The summed E-state index contributed by atoms with van der Waals surface area (Å²) >= 11 is 6.97. The fraction of sp³-hybridized carbons (Fsp3) is 0.0833. The maximum absolute atomic E-state index is 13.3. The van der Waals surface area contributed by atoms with Crippen LogP contribution in [-0.2, 0) is 6.42 Å². The average molecular weight is 273 g/mol. The molecule has 0 amide bonds. The van der Waals surface area contributed by atoms with Gasteiger partial charge in [0.15, 0.2) is 5.78 Å². The molecule has 2 aromatic rings. The molecule has 88 valence electrons. The van der Waals surface area contributed by atoms with E-state index in [0.717, 1.165) is 23.1 Å². The second-order valence-corrected chi connectivity index (χ2v) is 5.23. The van der Waals surface area contributed by atoms with Crippen LogP contribution in [0.4, 0.5) is 8.78 Å². The molecule has 0 aliphatic carbocycles. The van der Waals surface area contributed by atoms with E-state index in [1.807, 2.05) is 0 Å². The summed E-state index contributed by atoms with van der Waals surface area (Å²) in [6.07, 6.45) is 0.0256. The molecule has 2 rings (SSSR count). The van der Waals surface area contributed by atoms with E-state index in [2.05, 4.69) is 0 Å². The Kier molecular flexibility index (Phi) is 3.54. The van der Waals surface area contributed by atoms with E-state index in [1.54, 1.807) is 12.1 Å². The molecule has 0 fully saturated rings. The lowest BCUT2D eigenvalue weighted by Gasteiger charge is -2.01. The molecule has 0 N–H and O–H groups in total. The smallest absolute Gasteiger partial charge is 0.171 e. The fourth-order valence-corrected chi connectivity index (χ4v) is 2.50. The number of carbonyl (C=O) groups excluding carboxylic acids is 1. The van der Waals surface area contributed by atoms with Crippen molar-refractivity contribution >= 4 is 28.7 Å². The van der Waals surface area contributed by atoms with Gasteiger partial charge in [-0.1, -0.05) is 11.6 Å². The van der Waals surface area contributed by atoms with Gasteiger partial charge in [-0.15, -0.1) is 11.3 Å². The third kappa shape index (κ3) is 2.90. The molecule has 0 bridgehead atoms. The number of thiophene rings is 1. The number of halogens is 3. The molecular formula is C12H7ClF2OS. The molecule has 0 unspecified atom stereocenters. The van der Waals surface area contributed by atoms with E-state index in [1.165, 1.54) is 11.3 Å². The van der Waals surface area contributed by atoms with Crippen LogP contribution in [0.25, 0.3) is 0 Å². The topological polar surface area (TPSA) is 17.1 Å². The van der Waals surface area contributed by atoms with Crippen LogP contribution in [0.1, 0.15) is 15.2 Å². The van der Waals surface area contributed by atoms with Gasteiger partial charge in [-0.25, -0.2) is 8.78 Å². The van der Waals surface area contributed by atoms with Crippen molar-refractivity contribution in [2.45, 2.75) is 6.42 Å². The SMILES string of the molecule is O=C(Cc1ccc(Cl)s1)c1cc(F)ccc1F. The molecule has 1 aromatic carbocycles. The predicted octanol–water partition coefficient (Wildman–Crippen LogP) is 4.11. The minimum absolute atomic E-state index is 0.0256. The third-order valence-electron chi connectivity index (χ3n) is 2.19. The Bertz CT molecular complexity index is 565. The van der Waals surface area contributed by atoms with Crippen LogP contribution in [-0.4, -0.2) is 5.78 Å². The lowest BCUT2D eigenvalue weighted by molar-refractivity contribution is 0.0989. The van der Waals surface area contributed by atoms with E-state index < -0.39 is 17.4 Å². The number of carbonyl (C=O) groups is 1. The summed E-state index contributed by atoms with van der Waals surface area (Å²) in [6.45, 7) is 0. The average Bonchev–Trinajstić information content (AvgIpc) is 2.67. The maximum Gasteiger partial charge on any atom is 0.171 e. The Morgan fingerprint density at radius 1 is 1.24 bits per heavy atom. The molecule has 0 spiro atoms. The lowest BCUT2D eigenvalue weighted by atomic mass is 10.1. The highest BCUT2D eigenvalue weighted by atomic mass is 35.5. The highest BCUT2D eigenvalue weighted by Gasteiger charge is 2.14. The minimum atomic E-state index is -0.709. The van der Waals surface area contributed by atoms with E-state index >= 15 is 0 Å². The van der Waals surface area contributed by atoms with Crippen LogP contribution in [0.3, 0.4) is 0 Å². The van der Waals surface area contributed by atoms with Crippen LogP contribution >= 0.6 is 22.9 Å². The van der Waals surface area contributed by atoms with Gasteiger partial charge in [0.1, 0.15) is 11.6 Å². The summed E-state index contributed by atoms with van der Waals surface area (Å²) in [5.74, 6) is -1.79. The van der Waals surface area contributed by atoms with Crippen molar-refractivity contribution < 1.29 is 13.6 Å². The molecule has 1 nitrogen and oxygen atoms in total. The van der Waals surface area contributed by atoms with Crippen molar-refractivity contribution in [3.63, 3.8) is 0 Å². The normalized spacial score (nSPS) is 10.5. The van der Waals surface area contributed by atoms with Gasteiger partial charge in [-0.05, 0) is 30.3 Å². The van der Waals surface area contributed by atoms with Crippen molar-refractivity contribution in [2.24, 2.45) is 0 Å². The van der Waals surface area contributed by atoms with E-state index in [4.69, 9.17) is 11.6 Å².